The monoisotopic (exact) mass is 428 g/mol. The number of nitrogens with zero attached hydrogens (tertiary/aromatic N) is 2. The van der Waals surface area contributed by atoms with Gasteiger partial charge in [-0.25, -0.2) is 0 Å². The second-order valence-corrected chi connectivity index (χ2v) is 8.10. The zero-order valence-corrected chi connectivity index (χ0v) is 18.2. The highest BCUT2D eigenvalue weighted by atomic mass is 16.2. The number of piperazine rings is 1. The van der Waals surface area contributed by atoms with Crippen LogP contribution in [0.3, 0.4) is 0 Å². The number of carbonyl (C=O) groups excluding carboxylic acids is 2. The summed E-state index contributed by atoms with van der Waals surface area (Å²) in [5.74, 6) is -0.453. The number of nitrogens with one attached hydrogen (secondary N) is 1. The van der Waals surface area contributed by atoms with Gasteiger partial charge in [0, 0.05) is 43.1 Å². The Balaban J connectivity index is 1.48. The van der Waals surface area contributed by atoms with Crippen molar-refractivity contribution in [2.45, 2.75) is 13.0 Å². The fraction of sp³-hybridized carbons (Fsp3) is 0.231. The Morgan fingerprint density at radius 3 is 2.06 bits per heavy atom. The van der Waals surface area contributed by atoms with E-state index < -0.39 is 5.91 Å². The molecule has 1 aliphatic rings. The van der Waals surface area contributed by atoms with E-state index in [1.54, 1.807) is 12.1 Å². The lowest BCUT2D eigenvalue weighted by Crippen LogP contribution is -2.50. The molecule has 0 spiro atoms. The van der Waals surface area contributed by atoms with Crippen molar-refractivity contribution < 1.29 is 9.59 Å². The molecule has 6 nitrogen and oxygen atoms in total. The summed E-state index contributed by atoms with van der Waals surface area (Å²) in [4.78, 5) is 29.2. The number of rotatable bonds is 6. The highest BCUT2D eigenvalue weighted by molar-refractivity contribution is 5.95. The molecule has 3 aromatic rings. The largest absolute Gasteiger partial charge is 0.369 e. The molecular formula is C26H28N4O2. The third kappa shape index (κ3) is 4.98. The van der Waals surface area contributed by atoms with Crippen LogP contribution in [-0.2, 0) is 4.79 Å². The molecule has 32 heavy (non-hydrogen) atoms. The third-order valence-electron chi connectivity index (χ3n) is 5.88. The Bertz CT molecular complexity index is 1060. The van der Waals surface area contributed by atoms with Crippen LogP contribution in [0.2, 0.25) is 0 Å². The number of hydrogen-bond donors (Lipinski definition) is 2. The van der Waals surface area contributed by atoms with E-state index in [1.807, 2.05) is 73.7 Å². The molecular weight excluding hydrogens is 400 g/mol. The van der Waals surface area contributed by atoms with E-state index in [1.165, 1.54) is 0 Å². The smallest absolute Gasteiger partial charge is 0.248 e. The van der Waals surface area contributed by atoms with Gasteiger partial charge in [-0.1, -0.05) is 48.0 Å². The fourth-order valence-electron chi connectivity index (χ4n) is 4.09. The molecule has 0 saturated carbocycles. The summed E-state index contributed by atoms with van der Waals surface area (Å²) in [6.45, 7) is 5.10. The Labute approximate surface area is 188 Å². The first-order chi connectivity index (χ1) is 15.5. The van der Waals surface area contributed by atoms with E-state index in [4.69, 9.17) is 5.73 Å². The van der Waals surface area contributed by atoms with E-state index in [0.717, 1.165) is 48.7 Å². The average Bonchev–Trinajstić information content (AvgIpc) is 2.82. The van der Waals surface area contributed by atoms with E-state index >= 15 is 0 Å². The molecule has 6 heteroatoms. The maximum absolute atomic E-state index is 13.3. The molecule has 0 aromatic heterocycles. The van der Waals surface area contributed by atoms with Crippen LogP contribution in [0.15, 0.2) is 78.9 Å². The molecule has 0 bridgehead atoms. The van der Waals surface area contributed by atoms with Gasteiger partial charge < -0.3 is 16.0 Å². The highest BCUT2D eigenvalue weighted by Crippen LogP contribution is 2.26. The van der Waals surface area contributed by atoms with Crippen molar-refractivity contribution in [3.8, 4) is 0 Å². The van der Waals surface area contributed by atoms with Crippen LogP contribution >= 0.6 is 0 Å². The van der Waals surface area contributed by atoms with Crippen molar-refractivity contribution in [1.29, 1.82) is 0 Å². The standard InChI is InChI=1S/C26H28N4O2/c1-19-7-11-22(12-8-19)28-26(32)24(20-5-3-2-4-6-20)30-17-15-29(16-18-30)23-13-9-21(10-14-23)25(27)31/h2-14,24H,15-18H2,1H3,(H2,27,31)(H,28,32). The van der Waals surface area contributed by atoms with Crippen molar-refractivity contribution in [2.75, 3.05) is 36.4 Å². The van der Waals surface area contributed by atoms with Crippen LogP contribution < -0.4 is 16.0 Å². The Kier molecular flexibility index (Phi) is 6.52. The summed E-state index contributed by atoms with van der Waals surface area (Å²) in [5.41, 5.74) is 9.84. The molecule has 1 unspecified atom stereocenters. The Hall–Kier alpha value is -3.64. The molecule has 3 aromatic carbocycles. The SMILES string of the molecule is Cc1ccc(NC(=O)C(c2ccccc2)N2CCN(c3ccc(C(N)=O)cc3)CC2)cc1. The van der Waals surface area contributed by atoms with Gasteiger partial charge in [0.1, 0.15) is 6.04 Å². The molecule has 0 aliphatic carbocycles. The number of carbonyl (C=O) groups is 2. The van der Waals surface area contributed by atoms with Crippen molar-refractivity contribution in [1.82, 2.24) is 4.90 Å². The van der Waals surface area contributed by atoms with E-state index in [2.05, 4.69) is 15.1 Å². The highest BCUT2D eigenvalue weighted by Gasteiger charge is 2.30. The lowest BCUT2D eigenvalue weighted by molar-refractivity contribution is -0.121. The predicted molar refractivity (Wildman–Crippen MR) is 128 cm³/mol. The summed E-state index contributed by atoms with van der Waals surface area (Å²) in [6.07, 6.45) is 0. The van der Waals surface area contributed by atoms with Crippen LogP contribution in [0.5, 0.6) is 0 Å². The minimum atomic E-state index is -0.424. The second-order valence-electron chi connectivity index (χ2n) is 8.10. The lowest BCUT2D eigenvalue weighted by atomic mass is 10.0. The molecule has 4 rings (SSSR count). The minimum Gasteiger partial charge on any atom is -0.369 e. The molecule has 1 heterocycles. The van der Waals surface area contributed by atoms with Crippen LogP contribution in [0.4, 0.5) is 11.4 Å². The van der Waals surface area contributed by atoms with Gasteiger partial charge in [-0.15, -0.1) is 0 Å². The number of hydrogen-bond acceptors (Lipinski definition) is 4. The first kappa shape index (κ1) is 21.6. The number of primary amides is 1. The van der Waals surface area contributed by atoms with Gasteiger partial charge in [0.15, 0.2) is 0 Å². The van der Waals surface area contributed by atoms with Gasteiger partial charge >= 0.3 is 0 Å². The van der Waals surface area contributed by atoms with Gasteiger partial charge in [0.05, 0.1) is 0 Å². The number of anilines is 2. The van der Waals surface area contributed by atoms with E-state index in [0.29, 0.717) is 5.56 Å². The quantitative estimate of drug-likeness (QED) is 0.629. The summed E-state index contributed by atoms with van der Waals surface area (Å²) in [5, 5.41) is 3.09. The van der Waals surface area contributed by atoms with Crippen molar-refractivity contribution in [2.24, 2.45) is 5.73 Å². The fourth-order valence-corrected chi connectivity index (χ4v) is 4.09. The molecule has 1 fully saturated rings. The van der Waals surface area contributed by atoms with Gasteiger partial charge in [0.2, 0.25) is 11.8 Å². The van der Waals surface area contributed by atoms with Crippen molar-refractivity contribution in [3.05, 3.63) is 95.6 Å². The molecule has 3 N–H and O–H groups in total. The maximum Gasteiger partial charge on any atom is 0.248 e. The van der Waals surface area contributed by atoms with E-state index in [-0.39, 0.29) is 11.9 Å². The molecule has 1 aliphatic heterocycles. The summed E-state index contributed by atoms with van der Waals surface area (Å²) >= 11 is 0. The van der Waals surface area contributed by atoms with Gasteiger partial charge in [-0.05, 0) is 48.9 Å². The van der Waals surface area contributed by atoms with Gasteiger partial charge in [-0.3, -0.25) is 14.5 Å². The number of nitrogens with two attached hydrogens (primary N) is 1. The molecule has 0 radical (unpaired) electrons. The van der Waals surface area contributed by atoms with Crippen LogP contribution in [0, 0.1) is 6.92 Å². The zero-order valence-electron chi connectivity index (χ0n) is 18.2. The van der Waals surface area contributed by atoms with Crippen molar-refractivity contribution in [3.63, 3.8) is 0 Å². The summed E-state index contributed by atoms with van der Waals surface area (Å²) < 4.78 is 0. The number of aryl methyl sites for hydroxylation is 1. The van der Waals surface area contributed by atoms with Crippen LogP contribution in [-0.4, -0.2) is 42.9 Å². The first-order valence-corrected chi connectivity index (χ1v) is 10.8. The number of benzene rings is 3. The third-order valence-corrected chi connectivity index (χ3v) is 5.88. The molecule has 2 amide bonds. The lowest BCUT2D eigenvalue weighted by Gasteiger charge is -2.39. The Morgan fingerprint density at radius 2 is 1.47 bits per heavy atom. The number of amides is 2. The summed E-state index contributed by atoms with van der Waals surface area (Å²) in [7, 11) is 0. The summed E-state index contributed by atoms with van der Waals surface area (Å²) in [6, 6.07) is 24.8. The maximum atomic E-state index is 13.3. The second kappa shape index (κ2) is 9.66. The van der Waals surface area contributed by atoms with E-state index in [9.17, 15) is 9.59 Å². The molecule has 164 valence electrons. The van der Waals surface area contributed by atoms with Gasteiger partial charge in [-0.2, -0.15) is 0 Å². The van der Waals surface area contributed by atoms with Crippen molar-refractivity contribution >= 4 is 23.2 Å². The molecule has 1 atom stereocenters. The van der Waals surface area contributed by atoms with Gasteiger partial charge in [0.25, 0.3) is 0 Å². The first-order valence-electron chi connectivity index (χ1n) is 10.8. The normalized spacial score (nSPS) is 15.2. The van der Waals surface area contributed by atoms with Crippen LogP contribution in [0.25, 0.3) is 0 Å². The van der Waals surface area contributed by atoms with Crippen LogP contribution in [0.1, 0.15) is 27.5 Å². The topological polar surface area (TPSA) is 78.7 Å². The molecule has 1 saturated heterocycles. The minimum absolute atomic E-state index is 0.0284. The predicted octanol–water partition coefficient (Wildman–Crippen LogP) is 3.60. The average molecular weight is 429 g/mol. The Morgan fingerprint density at radius 1 is 0.844 bits per heavy atom. The zero-order chi connectivity index (χ0) is 22.5.